The highest BCUT2D eigenvalue weighted by molar-refractivity contribution is 6.31. The number of hydrogen-bond donors (Lipinski definition) is 2. The summed E-state index contributed by atoms with van der Waals surface area (Å²) >= 11 is 5.79. The van der Waals surface area contributed by atoms with Crippen molar-refractivity contribution in [2.45, 2.75) is 6.61 Å². The van der Waals surface area contributed by atoms with Crippen molar-refractivity contribution in [3.05, 3.63) is 22.7 Å². The van der Waals surface area contributed by atoms with Gasteiger partial charge in [-0.1, -0.05) is 11.6 Å². The number of nitrogen functional groups attached to an aromatic ring is 1. The van der Waals surface area contributed by atoms with Crippen LogP contribution >= 0.6 is 11.6 Å². The van der Waals surface area contributed by atoms with Crippen LogP contribution in [0.4, 0.5) is 5.69 Å². The van der Waals surface area contributed by atoms with Gasteiger partial charge in [0, 0.05) is 17.3 Å². The molecule has 0 bridgehead atoms. The van der Waals surface area contributed by atoms with Gasteiger partial charge >= 0.3 is 0 Å². The molecule has 0 amide bonds. The first-order chi connectivity index (χ1) is 5.69. The van der Waals surface area contributed by atoms with Gasteiger partial charge in [-0.15, -0.1) is 0 Å². The van der Waals surface area contributed by atoms with Gasteiger partial charge in [0.05, 0.1) is 18.7 Å². The Balaban J connectivity index is 3.24. The molecule has 0 spiro atoms. The van der Waals surface area contributed by atoms with E-state index in [2.05, 4.69) is 0 Å². The van der Waals surface area contributed by atoms with Crippen LogP contribution in [0.3, 0.4) is 0 Å². The lowest BCUT2D eigenvalue weighted by Gasteiger charge is -2.08. The summed E-state index contributed by atoms with van der Waals surface area (Å²) in [4.78, 5) is 0. The number of aliphatic hydroxyl groups is 1. The summed E-state index contributed by atoms with van der Waals surface area (Å²) in [5, 5.41) is 9.34. The molecule has 12 heavy (non-hydrogen) atoms. The molecule has 4 heteroatoms. The van der Waals surface area contributed by atoms with Gasteiger partial charge < -0.3 is 15.6 Å². The van der Waals surface area contributed by atoms with Crippen LogP contribution in [0.25, 0.3) is 0 Å². The number of ether oxygens (including phenoxy) is 1. The standard InChI is InChI=1S/C8H10ClNO2/c1-12-8-3-5(10)2-7(9)6(8)4-11/h2-3,11H,4,10H2,1H3. The zero-order valence-corrected chi connectivity index (χ0v) is 7.43. The number of anilines is 1. The maximum Gasteiger partial charge on any atom is 0.127 e. The number of halogens is 1. The molecule has 1 aromatic carbocycles. The maximum atomic E-state index is 8.92. The molecule has 0 saturated carbocycles. The van der Waals surface area contributed by atoms with Crippen molar-refractivity contribution in [1.82, 2.24) is 0 Å². The number of nitrogens with two attached hydrogens (primary N) is 1. The lowest BCUT2D eigenvalue weighted by molar-refractivity contribution is 0.274. The van der Waals surface area contributed by atoms with Gasteiger partial charge in [-0.05, 0) is 6.07 Å². The predicted molar refractivity (Wildman–Crippen MR) is 48.3 cm³/mol. The minimum atomic E-state index is -0.151. The molecule has 0 aliphatic heterocycles. The molecule has 0 aromatic heterocycles. The third kappa shape index (κ3) is 1.62. The average Bonchev–Trinajstić information content (AvgIpc) is 2.03. The summed E-state index contributed by atoms with van der Waals surface area (Å²) in [7, 11) is 1.50. The molecule has 0 unspecified atom stereocenters. The van der Waals surface area contributed by atoms with Gasteiger partial charge in [0.25, 0.3) is 0 Å². The van der Waals surface area contributed by atoms with E-state index in [4.69, 9.17) is 27.2 Å². The van der Waals surface area contributed by atoms with E-state index in [-0.39, 0.29) is 6.61 Å². The van der Waals surface area contributed by atoms with E-state index >= 15 is 0 Å². The van der Waals surface area contributed by atoms with Crippen molar-refractivity contribution in [1.29, 1.82) is 0 Å². The molecular formula is C8H10ClNO2. The lowest BCUT2D eigenvalue weighted by atomic mass is 10.2. The van der Waals surface area contributed by atoms with Gasteiger partial charge in [0.1, 0.15) is 5.75 Å². The second-order valence-electron chi connectivity index (χ2n) is 2.34. The summed E-state index contributed by atoms with van der Waals surface area (Å²) < 4.78 is 4.97. The summed E-state index contributed by atoms with van der Waals surface area (Å²) in [6.07, 6.45) is 0. The Bertz CT molecular complexity index is 289. The Hall–Kier alpha value is -0.930. The monoisotopic (exact) mass is 187 g/mol. The summed E-state index contributed by atoms with van der Waals surface area (Å²) in [5.41, 5.74) is 6.60. The number of methoxy groups -OCH3 is 1. The zero-order chi connectivity index (χ0) is 9.14. The highest BCUT2D eigenvalue weighted by Gasteiger charge is 2.07. The van der Waals surface area contributed by atoms with E-state index in [0.717, 1.165) is 0 Å². The van der Waals surface area contributed by atoms with E-state index in [0.29, 0.717) is 22.0 Å². The highest BCUT2D eigenvalue weighted by Crippen LogP contribution is 2.29. The van der Waals surface area contributed by atoms with E-state index in [1.165, 1.54) is 7.11 Å². The highest BCUT2D eigenvalue weighted by atomic mass is 35.5. The van der Waals surface area contributed by atoms with Gasteiger partial charge in [-0.2, -0.15) is 0 Å². The van der Waals surface area contributed by atoms with Crippen LogP contribution in [0.1, 0.15) is 5.56 Å². The van der Waals surface area contributed by atoms with Crippen LogP contribution in [0, 0.1) is 0 Å². The smallest absolute Gasteiger partial charge is 0.127 e. The largest absolute Gasteiger partial charge is 0.496 e. The predicted octanol–water partition coefficient (Wildman–Crippen LogP) is 1.42. The van der Waals surface area contributed by atoms with Crippen LogP contribution in [0.5, 0.6) is 5.75 Å². The zero-order valence-electron chi connectivity index (χ0n) is 6.67. The second-order valence-corrected chi connectivity index (χ2v) is 2.75. The Morgan fingerprint density at radius 1 is 1.58 bits per heavy atom. The van der Waals surface area contributed by atoms with E-state index < -0.39 is 0 Å². The minimum Gasteiger partial charge on any atom is -0.496 e. The van der Waals surface area contributed by atoms with Crippen molar-refractivity contribution in [2.75, 3.05) is 12.8 Å². The third-order valence-electron chi connectivity index (χ3n) is 1.55. The molecule has 0 heterocycles. The molecule has 1 aromatic rings. The molecule has 66 valence electrons. The molecule has 0 fully saturated rings. The summed E-state index contributed by atoms with van der Waals surface area (Å²) in [6.45, 7) is -0.151. The molecule has 1 rings (SSSR count). The average molecular weight is 188 g/mol. The van der Waals surface area contributed by atoms with Crippen LogP contribution in [-0.4, -0.2) is 12.2 Å². The molecule has 0 saturated heterocycles. The Kier molecular flexibility index (Phi) is 2.78. The third-order valence-corrected chi connectivity index (χ3v) is 1.89. The number of aliphatic hydroxyl groups excluding tert-OH is 1. The van der Waals surface area contributed by atoms with Gasteiger partial charge in [-0.25, -0.2) is 0 Å². The topological polar surface area (TPSA) is 55.5 Å². The Morgan fingerprint density at radius 3 is 2.75 bits per heavy atom. The fourth-order valence-corrected chi connectivity index (χ4v) is 1.25. The van der Waals surface area contributed by atoms with Crippen molar-refractivity contribution in [3.63, 3.8) is 0 Å². The fraction of sp³-hybridized carbons (Fsp3) is 0.250. The summed E-state index contributed by atoms with van der Waals surface area (Å²) in [6, 6.07) is 3.20. The van der Waals surface area contributed by atoms with Gasteiger partial charge in [0.2, 0.25) is 0 Å². The first-order valence-electron chi connectivity index (χ1n) is 3.41. The molecule has 0 radical (unpaired) electrons. The normalized spacial score (nSPS) is 9.92. The van der Waals surface area contributed by atoms with Crippen LogP contribution in [-0.2, 0) is 6.61 Å². The van der Waals surface area contributed by atoms with Crippen molar-refractivity contribution >= 4 is 17.3 Å². The van der Waals surface area contributed by atoms with E-state index in [1.54, 1.807) is 12.1 Å². The fourth-order valence-electron chi connectivity index (χ4n) is 0.967. The Morgan fingerprint density at radius 2 is 2.25 bits per heavy atom. The van der Waals surface area contributed by atoms with Crippen LogP contribution in [0.15, 0.2) is 12.1 Å². The molecule has 0 aliphatic carbocycles. The Labute approximate surface area is 75.7 Å². The summed E-state index contributed by atoms with van der Waals surface area (Å²) in [5.74, 6) is 0.516. The van der Waals surface area contributed by atoms with Crippen molar-refractivity contribution in [3.8, 4) is 5.75 Å². The maximum absolute atomic E-state index is 8.92. The minimum absolute atomic E-state index is 0.151. The van der Waals surface area contributed by atoms with Gasteiger partial charge in [0.15, 0.2) is 0 Å². The number of hydrogen-bond acceptors (Lipinski definition) is 3. The molecule has 3 N–H and O–H groups in total. The van der Waals surface area contributed by atoms with Crippen molar-refractivity contribution in [2.24, 2.45) is 0 Å². The van der Waals surface area contributed by atoms with Gasteiger partial charge in [-0.3, -0.25) is 0 Å². The molecule has 0 aliphatic rings. The molecule has 0 atom stereocenters. The first-order valence-corrected chi connectivity index (χ1v) is 3.79. The van der Waals surface area contributed by atoms with E-state index in [1.807, 2.05) is 0 Å². The molecule has 3 nitrogen and oxygen atoms in total. The SMILES string of the molecule is COc1cc(N)cc(Cl)c1CO. The molecular weight excluding hydrogens is 178 g/mol. The first kappa shape index (κ1) is 9.16. The number of benzene rings is 1. The van der Waals surface area contributed by atoms with Crippen LogP contribution in [0.2, 0.25) is 5.02 Å². The van der Waals surface area contributed by atoms with Crippen molar-refractivity contribution < 1.29 is 9.84 Å². The number of rotatable bonds is 2. The quantitative estimate of drug-likeness (QED) is 0.689. The lowest BCUT2D eigenvalue weighted by Crippen LogP contribution is -1.95. The van der Waals surface area contributed by atoms with E-state index in [9.17, 15) is 0 Å². The van der Waals surface area contributed by atoms with Crippen LogP contribution < -0.4 is 10.5 Å². The second kappa shape index (κ2) is 3.65.